The van der Waals surface area contributed by atoms with Crippen molar-refractivity contribution in [1.82, 2.24) is 9.97 Å². The molecule has 5 heteroatoms. The Bertz CT molecular complexity index is 159. The van der Waals surface area contributed by atoms with Crippen molar-refractivity contribution < 1.29 is 10.0 Å². The Kier molecular flexibility index (Phi) is 5.61. The van der Waals surface area contributed by atoms with E-state index in [9.17, 15) is 0 Å². The lowest BCUT2D eigenvalue weighted by atomic mass is 10.5. The molecule has 1 rings (SSSR count). The van der Waals surface area contributed by atoms with Crippen LogP contribution in [0.15, 0.2) is 18.6 Å². The van der Waals surface area contributed by atoms with Crippen molar-refractivity contribution in [2.75, 3.05) is 0 Å². The van der Waals surface area contributed by atoms with E-state index in [-0.39, 0.29) is 7.69 Å². The fourth-order valence-electron chi connectivity index (χ4n) is 0.357. The highest BCUT2D eigenvalue weighted by molar-refractivity contribution is 6.13. The summed E-state index contributed by atoms with van der Waals surface area (Å²) >= 11 is 0. The van der Waals surface area contributed by atoms with Crippen LogP contribution in [0.2, 0.25) is 0 Å². The van der Waals surface area contributed by atoms with Crippen LogP contribution in [0, 0.1) is 6.92 Å². The molecule has 53 valence electrons. The van der Waals surface area contributed by atoms with Crippen LogP contribution in [0.1, 0.15) is 5.69 Å². The van der Waals surface area contributed by atoms with E-state index in [4.69, 9.17) is 10.0 Å². The van der Waals surface area contributed by atoms with Gasteiger partial charge in [-0.25, -0.2) is 9.97 Å². The fraction of sp³-hybridized carbons (Fsp3) is 0.200. The van der Waals surface area contributed by atoms with Crippen LogP contribution in [-0.4, -0.2) is 27.7 Å². The summed E-state index contributed by atoms with van der Waals surface area (Å²) in [5.41, 5.74) is 1.01. The van der Waals surface area contributed by atoms with E-state index in [1.165, 1.54) is 6.33 Å². The number of rotatable bonds is 0. The maximum absolute atomic E-state index is 7.00. The van der Waals surface area contributed by atoms with Gasteiger partial charge in [-0.3, -0.25) is 0 Å². The Balaban J connectivity index is 0.000000236. The summed E-state index contributed by atoms with van der Waals surface area (Å²) in [7, 11) is 0. The lowest BCUT2D eigenvalue weighted by molar-refractivity contribution is 0.448. The summed E-state index contributed by atoms with van der Waals surface area (Å²) in [6.07, 6.45) is 3.26. The lowest BCUT2D eigenvalue weighted by Gasteiger charge is -1.81. The zero-order valence-electron chi connectivity index (χ0n) is 5.60. The van der Waals surface area contributed by atoms with Gasteiger partial charge in [-0.2, -0.15) is 0 Å². The molecule has 0 unspecified atom stereocenters. The Hall–Kier alpha value is -0.935. The van der Waals surface area contributed by atoms with Gasteiger partial charge in [-0.05, 0) is 13.0 Å². The van der Waals surface area contributed by atoms with Crippen LogP contribution in [0.3, 0.4) is 0 Å². The Morgan fingerprint density at radius 3 is 2.30 bits per heavy atom. The van der Waals surface area contributed by atoms with Crippen molar-refractivity contribution in [3.05, 3.63) is 24.3 Å². The summed E-state index contributed by atoms with van der Waals surface area (Å²) in [5, 5.41) is 14.0. The molecule has 1 aromatic heterocycles. The van der Waals surface area contributed by atoms with Crippen molar-refractivity contribution in [1.29, 1.82) is 0 Å². The van der Waals surface area contributed by atoms with Gasteiger partial charge in [-0.1, -0.05) is 0 Å². The molecule has 1 radical (unpaired) electrons. The Morgan fingerprint density at radius 1 is 1.50 bits per heavy atom. The first-order valence-corrected chi connectivity index (χ1v) is 2.64. The van der Waals surface area contributed by atoms with E-state index in [1.807, 2.05) is 13.0 Å². The minimum absolute atomic E-state index is 0. The molecule has 0 saturated heterocycles. The van der Waals surface area contributed by atoms with Crippen molar-refractivity contribution in [3.8, 4) is 0 Å². The molecule has 0 fully saturated rings. The van der Waals surface area contributed by atoms with Gasteiger partial charge in [0.25, 0.3) is 0 Å². The van der Waals surface area contributed by atoms with Gasteiger partial charge in [0.05, 0.1) is 0 Å². The van der Waals surface area contributed by atoms with Crippen molar-refractivity contribution in [2.45, 2.75) is 6.92 Å². The van der Waals surface area contributed by atoms with E-state index < -0.39 is 0 Å². The summed E-state index contributed by atoms with van der Waals surface area (Å²) < 4.78 is 0. The van der Waals surface area contributed by atoms with Crippen LogP contribution in [0.4, 0.5) is 0 Å². The summed E-state index contributed by atoms with van der Waals surface area (Å²) in [6, 6.07) is 1.86. The summed E-state index contributed by atoms with van der Waals surface area (Å²) in [4.78, 5) is 7.60. The molecule has 0 atom stereocenters. The highest BCUT2D eigenvalue weighted by Crippen LogP contribution is 1.82. The van der Waals surface area contributed by atoms with E-state index in [0.29, 0.717) is 0 Å². The maximum atomic E-state index is 7.00. The third-order valence-electron chi connectivity index (χ3n) is 0.730. The highest BCUT2D eigenvalue weighted by Gasteiger charge is 1.74. The van der Waals surface area contributed by atoms with E-state index in [1.54, 1.807) is 6.20 Å². The van der Waals surface area contributed by atoms with Crippen LogP contribution in [0.25, 0.3) is 0 Å². The molecule has 10 heavy (non-hydrogen) atoms. The average molecular weight is 139 g/mol. The fourth-order valence-corrected chi connectivity index (χ4v) is 0.357. The smallest absolute Gasteiger partial charge is 0.429 e. The summed E-state index contributed by atoms with van der Waals surface area (Å²) in [6.45, 7) is 1.93. The molecule has 0 amide bonds. The van der Waals surface area contributed by atoms with Crippen LogP contribution >= 0.6 is 0 Å². The van der Waals surface area contributed by atoms with Crippen molar-refractivity contribution in [3.63, 3.8) is 0 Å². The molecule has 1 heterocycles. The molecule has 0 aliphatic carbocycles. The normalized spacial score (nSPS) is 7.50. The zero-order valence-corrected chi connectivity index (χ0v) is 5.60. The number of aryl methyl sites for hydroxylation is 1. The molecule has 0 aliphatic rings. The number of hydrogen-bond acceptors (Lipinski definition) is 4. The third-order valence-corrected chi connectivity index (χ3v) is 0.730. The van der Waals surface area contributed by atoms with Crippen LogP contribution in [0.5, 0.6) is 0 Å². The second-order valence-corrected chi connectivity index (χ2v) is 1.47. The monoisotopic (exact) mass is 139 g/mol. The first kappa shape index (κ1) is 9.06. The standard InChI is InChI=1S/C5H6N2.BH2O2/c1-5-2-3-6-4-7-5;2-1-3/h2-4H,1H3;2-3H. The minimum atomic E-state index is 0. The topological polar surface area (TPSA) is 66.2 Å². The second kappa shape index (κ2) is 6.19. The lowest BCUT2D eigenvalue weighted by Crippen LogP contribution is -1.77. The number of hydrogen-bond donors (Lipinski definition) is 2. The maximum Gasteiger partial charge on any atom is 0.482 e. The first-order chi connectivity index (χ1) is 4.81. The number of aromatic nitrogens is 2. The van der Waals surface area contributed by atoms with Crippen molar-refractivity contribution >= 4 is 7.69 Å². The van der Waals surface area contributed by atoms with Gasteiger partial charge < -0.3 is 10.0 Å². The van der Waals surface area contributed by atoms with E-state index in [0.717, 1.165) is 5.69 Å². The summed E-state index contributed by atoms with van der Waals surface area (Å²) in [5.74, 6) is 0. The molecule has 0 aliphatic heterocycles. The molecular formula is C5H8BN2O2. The third kappa shape index (κ3) is 5.21. The van der Waals surface area contributed by atoms with E-state index >= 15 is 0 Å². The molecule has 4 nitrogen and oxygen atoms in total. The predicted octanol–water partition coefficient (Wildman–Crippen LogP) is -0.710. The van der Waals surface area contributed by atoms with Gasteiger partial charge in [-0.15, -0.1) is 0 Å². The molecule has 0 saturated carbocycles. The van der Waals surface area contributed by atoms with E-state index in [2.05, 4.69) is 9.97 Å². The van der Waals surface area contributed by atoms with Gasteiger partial charge in [0.15, 0.2) is 0 Å². The minimum Gasteiger partial charge on any atom is -0.429 e. The predicted molar refractivity (Wildman–Crippen MR) is 37.0 cm³/mol. The molecule has 0 aromatic carbocycles. The molecule has 1 aromatic rings. The quantitative estimate of drug-likeness (QED) is 0.466. The Labute approximate surface area is 59.9 Å². The SMILES string of the molecule is Cc1ccncn1.O[B]O. The van der Waals surface area contributed by atoms with Crippen LogP contribution in [-0.2, 0) is 0 Å². The molecular weight excluding hydrogens is 131 g/mol. The average Bonchev–Trinajstić information content (AvgIpc) is 1.91. The number of nitrogens with zero attached hydrogens (tertiary/aromatic N) is 2. The van der Waals surface area contributed by atoms with Gasteiger partial charge >= 0.3 is 7.69 Å². The molecule has 0 bridgehead atoms. The van der Waals surface area contributed by atoms with Crippen molar-refractivity contribution in [2.24, 2.45) is 0 Å². The van der Waals surface area contributed by atoms with Crippen LogP contribution < -0.4 is 0 Å². The Morgan fingerprint density at radius 2 is 2.10 bits per heavy atom. The second-order valence-electron chi connectivity index (χ2n) is 1.47. The van der Waals surface area contributed by atoms with Gasteiger partial charge in [0.2, 0.25) is 0 Å². The van der Waals surface area contributed by atoms with Gasteiger partial charge in [0.1, 0.15) is 6.33 Å². The molecule has 0 spiro atoms. The highest BCUT2D eigenvalue weighted by atomic mass is 16.4. The molecule has 2 N–H and O–H groups in total. The first-order valence-electron chi connectivity index (χ1n) is 2.64. The van der Waals surface area contributed by atoms with Gasteiger partial charge in [0, 0.05) is 11.9 Å². The largest absolute Gasteiger partial charge is 0.482 e. The zero-order chi connectivity index (χ0) is 7.82.